The fraction of sp³-hybridized carbons (Fsp3) is 0.500. The van der Waals surface area contributed by atoms with Crippen molar-refractivity contribution in [1.29, 1.82) is 0 Å². The molecule has 2 fully saturated rings. The van der Waals surface area contributed by atoms with E-state index < -0.39 is 15.4 Å². The largest absolute Gasteiger partial charge is 0.497 e. The number of piperidine rings is 1. The average Bonchev–Trinajstić information content (AvgIpc) is 2.89. The summed E-state index contributed by atoms with van der Waals surface area (Å²) in [7, 11) is -0.151. The lowest BCUT2D eigenvalue weighted by Crippen LogP contribution is -2.53. The first kappa shape index (κ1) is 26.7. The topological polar surface area (TPSA) is 79.4 Å². The Bertz CT molecular complexity index is 1140. The molecule has 2 heterocycles. The summed E-state index contributed by atoms with van der Waals surface area (Å²) in [6.07, 6.45) is 1.59. The minimum Gasteiger partial charge on any atom is -0.497 e. The van der Waals surface area contributed by atoms with Gasteiger partial charge in [0.15, 0.2) is 0 Å². The van der Waals surface area contributed by atoms with Crippen molar-refractivity contribution in [1.82, 2.24) is 14.1 Å². The van der Waals surface area contributed by atoms with Crippen LogP contribution in [0.25, 0.3) is 0 Å². The number of piperazine rings is 1. The lowest BCUT2D eigenvalue weighted by Gasteiger charge is -2.43. The summed E-state index contributed by atoms with van der Waals surface area (Å²) in [6.45, 7) is 3.88. The Morgan fingerprint density at radius 1 is 0.972 bits per heavy atom. The number of amides is 1. The van der Waals surface area contributed by atoms with E-state index in [-0.39, 0.29) is 30.4 Å². The molecule has 0 spiro atoms. The summed E-state index contributed by atoms with van der Waals surface area (Å²) in [5, 5.41) is 0.608. The fourth-order valence-electron chi connectivity index (χ4n) is 4.83. The van der Waals surface area contributed by atoms with Gasteiger partial charge in [0.25, 0.3) is 0 Å². The normalized spacial score (nSPS) is 21.8. The molecule has 1 amide bonds. The molecule has 8 nitrogen and oxygen atoms in total. The van der Waals surface area contributed by atoms with Gasteiger partial charge in [-0.1, -0.05) is 11.6 Å². The molecule has 2 aromatic carbocycles. The Balaban J connectivity index is 1.56. The first-order valence-corrected chi connectivity index (χ1v) is 14.0. The summed E-state index contributed by atoms with van der Waals surface area (Å²) in [6, 6.07) is 13.5. The Kier molecular flexibility index (Phi) is 8.44. The van der Waals surface area contributed by atoms with Crippen LogP contribution in [-0.4, -0.2) is 88.5 Å². The minimum atomic E-state index is -3.74. The van der Waals surface area contributed by atoms with Crippen LogP contribution in [0.3, 0.4) is 0 Å². The van der Waals surface area contributed by atoms with E-state index in [1.807, 2.05) is 11.9 Å². The Labute approximate surface area is 218 Å². The highest BCUT2D eigenvalue weighted by Gasteiger charge is 2.43. The zero-order chi connectivity index (χ0) is 25.8. The van der Waals surface area contributed by atoms with Gasteiger partial charge in [-0.3, -0.25) is 4.79 Å². The van der Waals surface area contributed by atoms with E-state index in [1.165, 1.54) is 4.31 Å². The number of methoxy groups -OCH3 is 1. The van der Waals surface area contributed by atoms with Gasteiger partial charge in [0, 0.05) is 56.1 Å². The smallest absolute Gasteiger partial charge is 0.243 e. The zero-order valence-electron chi connectivity index (χ0n) is 20.9. The SMILES string of the molecule is COc1ccc(S(=O)(=O)N2CCCC(COc3ccc(Cl)cc3)(CC(=O)N3CCN(C)CC3)C2)cc1. The summed E-state index contributed by atoms with van der Waals surface area (Å²) in [5.41, 5.74) is -0.641. The van der Waals surface area contributed by atoms with Crippen LogP contribution in [0.4, 0.5) is 0 Å². The van der Waals surface area contributed by atoms with E-state index in [0.717, 1.165) is 13.1 Å². The van der Waals surface area contributed by atoms with Crippen molar-refractivity contribution in [2.24, 2.45) is 5.41 Å². The van der Waals surface area contributed by atoms with Crippen molar-refractivity contribution in [3.05, 3.63) is 53.6 Å². The highest BCUT2D eigenvalue weighted by Crippen LogP contribution is 2.37. The number of carbonyl (C=O) groups excluding carboxylic acids is 1. The van der Waals surface area contributed by atoms with E-state index in [9.17, 15) is 13.2 Å². The second kappa shape index (κ2) is 11.4. The van der Waals surface area contributed by atoms with Crippen LogP contribution in [-0.2, 0) is 14.8 Å². The van der Waals surface area contributed by atoms with Crippen molar-refractivity contribution in [3.63, 3.8) is 0 Å². The highest BCUT2D eigenvalue weighted by molar-refractivity contribution is 7.89. The van der Waals surface area contributed by atoms with E-state index in [1.54, 1.807) is 55.6 Å². The number of sulfonamides is 1. The Hall–Kier alpha value is -2.33. The third kappa shape index (κ3) is 6.32. The third-order valence-electron chi connectivity index (χ3n) is 7.06. The van der Waals surface area contributed by atoms with Crippen molar-refractivity contribution >= 4 is 27.5 Å². The number of likely N-dealkylation sites (N-methyl/N-ethyl adjacent to an activating group) is 1. The van der Waals surface area contributed by atoms with Gasteiger partial charge < -0.3 is 19.3 Å². The number of nitrogens with zero attached hydrogens (tertiary/aromatic N) is 3. The molecule has 2 aromatic rings. The van der Waals surface area contributed by atoms with Crippen LogP contribution < -0.4 is 9.47 Å². The van der Waals surface area contributed by atoms with Crippen molar-refractivity contribution < 1.29 is 22.7 Å². The maximum Gasteiger partial charge on any atom is 0.243 e. The van der Waals surface area contributed by atoms with Crippen LogP contribution in [0.2, 0.25) is 5.02 Å². The fourth-order valence-corrected chi connectivity index (χ4v) is 6.55. The van der Waals surface area contributed by atoms with E-state index in [0.29, 0.717) is 49.0 Å². The van der Waals surface area contributed by atoms with Crippen molar-refractivity contribution in [2.75, 3.05) is 60.0 Å². The molecule has 0 aliphatic carbocycles. The van der Waals surface area contributed by atoms with E-state index >= 15 is 0 Å². The number of hydrogen-bond donors (Lipinski definition) is 0. The molecule has 1 unspecified atom stereocenters. The van der Waals surface area contributed by atoms with Gasteiger partial charge in [-0.2, -0.15) is 4.31 Å². The lowest BCUT2D eigenvalue weighted by molar-refractivity contribution is -0.136. The van der Waals surface area contributed by atoms with Gasteiger partial charge in [-0.05, 0) is 68.4 Å². The van der Waals surface area contributed by atoms with Gasteiger partial charge in [0.05, 0.1) is 18.6 Å². The lowest BCUT2D eigenvalue weighted by atomic mass is 9.78. The molecular weight excluding hydrogens is 502 g/mol. The summed E-state index contributed by atoms with van der Waals surface area (Å²) in [4.78, 5) is 17.7. The predicted molar refractivity (Wildman–Crippen MR) is 139 cm³/mol. The molecule has 0 bridgehead atoms. The zero-order valence-corrected chi connectivity index (χ0v) is 22.4. The summed E-state index contributed by atoms with van der Waals surface area (Å²) < 4.78 is 39.9. The first-order chi connectivity index (χ1) is 17.2. The molecule has 4 rings (SSSR count). The maximum absolute atomic E-state index is 13.5. The predicted octanol–water partition coefficient (Wildman–Crippen LogP) is 3.36. The van der Waals surface area contributed by atoms with Gasteiger partial charge in [-0.25, -0.2) is 8.42 Å². The van der Waals surface area contributed by atoms with Crippen LogP contribution >= 0.6 is 11.6 Å². The number of rotatable bonds is 8. The average molecular weight is 536 g/mol. The van der Waals surface area contributed by atoms with Crippen molar-refractivity contribution in [2.45, 2.75) is 24.2 Å². The van der Waals surface area contributed by atoms with Crippen LogP contribution in [0.1, 0.15) is 19.3 Å². The number of carbonyl (C=O) groups is 1. The number of benzene rings is 2. The van der Waals surface area contributed by atoms with Gasteiger partial charge in [0.1, 0.15) is 11.5 Å². The Morgan fingerprint density at radius 3 is 2.25 bits per heavy atom. The minimum absolute atomic E-state index is 0.0477. The molecule has 2 aliphatic heterocycles. The number of halogens is 1. The van der Waals surface area contributed by atoms with E-state index in [2.05, 4.69) is 4.90 Å². The second-order valence-electron chi connectivity index (χ2n) is 9.72. The van der Waals surface area contributed by atoms with Gasteiger partial charge >= 0.3 is 0 Å². The van der Waals surface area contributed by atoms with Gasteiger partial charge in [-0.15, -0.1) is 0 Å². The molecule has 0 radical (unpaired) electrons. The summed E-state index contributed by atoms with van der Waals surface area (Å²) in [5.74, 6) is 1.28. The molecule has 1 atom stereocenters. The molecular formula is C26H34ClN3O5S. The van der Waals surface area contributed by atoms with Crippen LogP contribution in [0.15, 0.2) is 53.4 Å². The third-order valence-corrected chi connectivity index (χ3v) is 9.18. The maximum atomic E-state index is 13.5. The first-order valence-electron chi connectivity index (χ1n) is 12.2. The van der Waals surface area contributed by atoms with Crippen molar-refractivity contribution in [3.8, 4) is 11.5 Å². The van der Waals surface area contributed by atoms with Crippen LogP contribution in [0.5, 0.6) is 11.5 Å². The van der Waals surface area contributed by atoms with Gasteiger partial charge in [0.2, 0.25) is 15.9 Å². The molecule has 36 heavy (non-hydrogen) atoms. The molecule has 2 saturated heterocycles. The van der Waals surface area contributed by atoms with Crippen LogP contribution in [0, 0.1) is 5.41 Å². The molecule has 196 valence electrons. The summed E-state index contributed by atoms with van der Waals surface area (Å²) >= 11 is 6.01. The Morgan fingerprint density at radius 2 is 1.61 bits per heavy atom. The molecule has 10 heteroatoms. The van der Waals surface area contributed by atoms with E-state index in [4.69, 9.17) is 21.1 Å². The second-order valence-corrected chi connectivity index (χ2v) is 12.1. The highest BCUT2D eigenvalue weighted by atomic mass is 35.5. The molecule has 0 N–H and O–H groups in total. The standard InChI is InChI=1S/C26H34ClN3O5S/c1-28-14-16-29(17-15-28)25(31)18-26(20-35-23-6-4-21(27)5-7-23)12-3-13-30(19-26)36(32,33)24-10-8-22(34-2)9-11-24/h4-11H,3,12-20H2,1-2H3. The quantitative estimate of drug-likeness (QED) is 0.516. The molecule has 2 aliphatic rings. The number of hydrogen-bond acceptors (Lipinski definition) is 6. The number of ether oxygens (including phenoxy) is 2. The molecule has 0 saturated carbocycles. The molecule has 0 aromatic heterocycles. The monoisotopic (exact) mass is 535 g/mol.